The number of nitrogens with one attached hydrogen (secondary N) is 1. The smallest absolute Gasteiger partial charge is 0.250 e. The summed E-state index contributed by atoms with van der Waals surface area (Å²) >= 11 is 0. The molecular formula is C24H22N4O5. The van der Waals surface area contributed by atoms with Crippen molar-refractivity contribution in [3.63, 3.8) is 0 Å². The zero-order valence-corrected chi connectivity index (χ0v) is 18.0. The van der Waals surface area contributed by atoms with E-state index < -0.39 is 0 Å². The van der Waals surface area contributed by atoms with E-state index in [0.29, 0.717) is 35.2 Å². The van der Waals surface area contributed by atoms with Gasteiger partial charge >= 0.3 is 0 Å². The third-order valence-electron chi connectivity index (χ3n) is 5.21. The lowest BCUT2D eigenvalue weighted by molar-refractivity contribution is -0.121. The second kappa shape index (κ2) is 9.17. The van der Waals surface area contributed by atoms with Crippen molar-refractivity contribution in [3.05, 3.63) is 77.7 Å². The van der Waals surface area contributed by atoms with Gasteiger partial charge in [0.1, 0.15) is 12.3 Å². The SMILES string of the molecule is Cc1ccccc1Cn1cc(NC(=O)COCc2cc(-c3ccc4c(c3)OCO4)on2)cn1. The normalized spacial score (nSPS) is 12.2. The summed E-state index contributed by atoms with van der Waals surface area (Å²) in [6, 6.07) is 15.4. The number of hydrogen-bond donors (Lipinski definition) is 1. The molecule has 0 fully saturated rings. The fraction of sp³-hybridized carbons (Fsp3) is 0.208. The maximum atomic E-state index is 12.2. The first-order chi connectivity index (χ1) is 16.1. The van der Waals surface area contributed by atoms with Crippen LogP contribution in [0.15, 0.2) is 65.4 Å². The first-order valence-corrected chi connectivity index (χ1v) is 10.4. The Morgan fingerprint density at radius 1 is 1.15 bits per heavy atom. The molecule has 1 N–H and O–H groups in total. The Balaban J connectivity index is 1.10. The molecule has 0 radical (unpaired) electrons. The van der Waals surface area contributed by atoms with Gasteiger partial charge in [0.25, 0.3) is 0 Å². The Kier molecular flexibility index (Phi) is 5.77. The number of ether oxygens (including phenoxy) is 3. The van der Waals surface area contributed by atoms with Crippen LogP contribution in [0.2, 0.25) is 0 Å². The predicted octanol–water partition coefficient (Wildman–Crippen LogP) is 3.78. The van der Waals surface area contributed by atoms with E-state index in [2.05, 4.69) is 34.6 Å². The predicted molar refractivity (Wildman–Crippen MR) is 119 cm³/mol. The number of aryl methyl sites for hydroxylation is 1. The highest BCUT2D eigenvalue weighted by atomic mass is 16.7. The molecule has 9 heteroatoms. The minimum Gasteiger partial charge on any atom is -0.454 e. The highest BCUT2D eigenvalue weighted by Crippen LogP contribution is 2.36. The van der Waals surface area contributed by atoms with E-state index in [-0.39, 0.29) is 25.9 Å². The number of carbonyl (C=O) groups excluding carboxylic acids is 1. The molecule has 3 heterocycles. The van der Waals surface area contributed by atoms with E-state index in [1.165, 1.54) is 11.1 Å². The van der Waals surface area contributed by atoms with Crippen molar-refractivity contribution in [1.82, 2.24) is 14.9 Å². The van der Waals surface area contributed by atoms with E-state index in [0.717, 1.165) is 5.56 Å². The van der Waals surface area contributed by atoms with E-state index in [1.54, 1.807) is 23.1 Å². The molecule has 4 aromatic rings. The molecule has 5 rings (SSSR count). The summed E-state index contributed by atoms with van der Waals surface area (Å²) in [4.78, 5) is 12.2. The fourth-order valence-corrected chi connectivity index (χ4v) is 3.49. The molecule has 33 heavy (non-hydrogen) atoms. The molecular weight excluding hydrogens is 424 g/mol. The average Bonchev–Trinajstić information content (AvgIpc) is 3.56. The van der Waals surface area contributed by atoms with Gasteiger partial charge in [-0.3, -0.25) is 9.48 Å². The van der Waals surface area contributed by atoms with Gasteiger partial charge in [-0.15, -0.1) is 0 Å². The van der Waals surface area contributed by atoms with Crippen molar-refractivity contribution in [2.75, 3.05) is 18.7 Å². The lowest BCUT2D eigenvalue weighted by atomic mass is 10.1. The summed E-state index contributed by atoms with van der Waals surface area (Å²) in [5, 5.41) is 11.1. The Morgan fingerprint density at radius 2 is 2.03 bits per heavy atom. The van der Waals surface area contributed by atoms with Crippen LogP contribution in [0.25, 0.3) is 11.3 Å². The summed E-state index contributed by atoms with van der Waals surface area (Å²) in [6.45, 7) is 2.94. The third kappa shape index (κ3) is 4.88. The van der Waals surface area contributed by atoms with Gasteiger partial charge in [-0.05, 0) is 36.2 Å². The van der Waals surface area contributed by atoms with Crippen molar-refractivity contribution in [3.8, 4) is 22.8 Å². The molecule has 1 amide bonds. The Bertz CT molecular complexity index is 1280. The van der Waals surface area contributed by atoms with Gasteiger partial charge in [-0.1, -0.05) is 29.4 Å². The lowest BCUT2D eigenvalue weighted by Crippen LogP contribution is -2.18. The van der Waals surface area contributed by atoms with E-state index in [1.807, 2.05) is 30.3 Å². The number of aromatic nitrogens is 3. The monoisotopic (exact) mass is 446 g/mol. The van der Waals surface area contributed by atoms with Crippen LogP contribution in [0.1, 0.15) is 16.8 Å². The number of nitrogens with zero attached hydrogens (tertiary/aromatic N) is 3. The number of anilines is 1. The molecule has 0 aliphatic carbocycles. The molecule has 168 valence electrons. The minimum absolute atomic E-state index is 0.116. The highest BCUT2D eigenvalue weighted by Gasteiger charge is 2.16. The van der Waals surface area contributed by atoms with Crippen molar-refractivity contribution in [2.24, 2.45) is 0 Å². The first kappa shape index (κ1) is 20.8. The van der Waals surface area contributed by atoms with Gasteiger partial charge in [0.2, 0.25) is 12.7 Å². The number of amides is 1. The molecule has 1 aliphatic heterocycles. The zero-order valence-electron chi connectivity index (χ0n) is 18.0. The van der Waals surface area contributed by atoms with Gasteiger partial charge in [0.15, 0.2) is 17.3 Å². The Labute approximate surface area is 189 Å². The molecule has 0 bridgehead atoms. The van der Waals surface area contributed by atoms with Crippen LogP contribution in [-0.4, -0.2) is 34.2 Å². The number of fused-ring (bicyclic) bond motifs is 1. The number of carbonyl (C=O) groups is 1. The zero-order chi connectivity index (χ0) is 22.6. The lowest BCUT2D eigenvalue weighted by Gasteiger charge is -2.05. The van der Waals surface area contributed by atoms with Gasteiger partial charge in [0.05, 0.1) is 25.0 Å². The molecule has 0 atom stereocenters. The van der Waals surface area contributed by atoms with Crippen molar-refractivity contribution in [1.29, 1.82) is 0 Å². The van der Waals surface area contributed by atoms with E-state index >= 15 is 0 Å². The van der Waals surface area contributed by atoms with E-state index in [4.69, 9.17) is 18.7 Å². The van der Waals surface area contributed by atoms with Gasteiger partial charge in [-0.25, -0.2) is 0 Å². The minimum atomic E-state index is -0.273. The fourth-order valence-electron chi connectivity index (χ4n) is 3.49. The first-order valence-electron chi connectivity index (χ1n) is 10.4. The van der Waals surface area contributed by atoms with E-state index in [9.17, 15) is 4.79 Å². The molecule has 0 saturated heterocycles. The Hall–Kier alpha value is -4.11. The third-order valence-corrected chi connectivity index (χ3v) is 5.21. The molecule has 2 aromatic carbocycles. The quantitative estimate of drug-likeness (QED) is 0.440. The largest absolute Gasteiger partial charge is 0.454 e. The van der Waals surface area contributed by atoms with Crippen LogP contribution in [0.5, 0.6) is 11.5 Å². The van der Waals surface area contributed by atoms with Crippen LogP contribution < -0.4 is 14.8 Å². The molecule has 1 aliphatic rings. The van der Waals surface area contributed by atoms with Gasteiger partial charge in [-0.2, -0.15) is 5.10 Å². The summed E-state index contributed by atoms with van der Waals surface area (Å²) < 4.78 is 23.4. The molecule has 0 saturated carbocycles. The summed E-state index contributed by atoms with van der Waals surface area (Å²) in [6.07, 6.45) is 3.41. The number of benzene rings is 2. The standard InChI is InChI=1S/C24H22N4O5/c1-16-4-2-3-5-18(16)11-28-12-20(10-25-28)26-24(29)14-30-13-19-9-22(33-27-19)17-6-7-21-23(8-17)32-15-31-21/h2-10,12H,11,13-15H2,1H3,(H,26,29). The second-order valence-electron chi connectivity index (χ2n) is 7.64. The van der Waals surface area contributed by atoms with Crippen molar-refractivity contribution in [2.45, 2.75) is 20.1 Å². The number of hydrogen-bond acceptors (Lipinski definition) is 7. The Morgan fingerprint density at radius 3 is 2.94 bits per heavy atom. The maximum absolute atomic E-state index is 12.2. The summed E-state index contributed by atoms with van der Waals surface area (Å²) in [5.41, 5.74) is 4.39. The maximum Gasteiger partial charge on any atom is 0.250 e. The number of rotatable bonds is 8. The topological polar surface area (TPSA) is 101 Å². The summed E-state index contributed by atoms with van der Waals surface area (Å²) in [7, 11) is 0. The van der Waals surface area contributed by atoms with Crippen LogP contribution in [0, 0.1) is 6.92 Å². The summed E-state index contributed by atoms with van der Waals surface area (Å²) in [5.74, 6) is 1.68. The van der Waals surface area contributed by atoms with Gasteiger partial charge in [0, 0.05) is 17.8 Å². The van der Waals surface area contributed by atoms with Crippen LogP contribution in [0.4, 0.5) is 5.69 Å². The molecule has 0 spiro atoms. The van der Waals surface area contributed by atoms with Crippen LogP contribution in [-0.2, 0) is 22.7 Å². The molecule has 2 aromatic heterocycles. The van der Waals surface area contributed by atoms with Crippen molar-refractivity contribution >= 4 is 11.6 Å². The second-order valence-corrected chi connectivity index (χ2v) is 7.64. The average molecular weight is 446 g/mol. The van der Waals surface area contributed by atoms with Crippen LogP contribution >= 0.6 is 0 Å². The van der Waals surface area contributed by atoms with Gasteiger partial charge < -0.3 is 24.1 Å². The van der Waals surface area contributed by atoms with Crippen molar-refractivity contribution < 1.29 is 23.5 Å². The highest BCUT2D eigenvalue weighted by molar-refractivity contribution is 5.91. The van der Waals surface area contributed by atoms with Crippen LogP contribution in [0.3, 0.4) is 0 Å². The molecule has 0 unspecified atom stereocenters. The molecule has 9 nitrogen and oxygen atoms in total.